The van der Waals surface area contributed by atoms with Gasteiger partial charge in [0, 0.05) is 0 Å². The van der Waals surface area contributed by atoms with E-state index in [0.717, 1.165) is 11.8 Å². The lowest BCUT2D eigenvalue weighted by atomic mass is 9.95. The third-order valence-corrected chi connectivity index (χ3v) is 3.06. The van der Waals surface area contributed by atoms with Crippen molar-refractivity contribution in [2.24, 2.45) is 11.8 Å². The lowest BCUT2D eigenvalue weighted by molar-refractivity contribution is 0.429. The molecule has 1 aromatic rings. The minimum Gasteiger partial charge on any atom is -0.0622 e. The first-order valence-electron chi connectivity index (χ1n) is 5.32. The van der Waals surface area contributed by atoms with Crippen LogP contribution in [0.25, 0.3) is 0 Å². The van der Waals surface area contributed by atoms with Crippen LogP contribution in [0.3, 0.4) is 0 Å². The van der Waals surface area contributed by atoms with Crippen molar-refractivity contribution >= 4 is 0 Å². The average Bonchev–Trinajstić information content (AvgIpc) is 2.20. The van der Waals surface area contributed by atoms with Gasteiger partial charge in [-0.1, -0.05) is 38.1 Å². The molecule has 2 unspecified atom stereocenters. The fourth-order valence-electron chi connectivity index (χ4n) is 2.56. The van der Waals surface area contributed by atoms with Gasteiger partial charge in [-0.25, -0.2) is 0 Å². The van der Waals surface area contributed by atoms with E-state index in [1.54, 1.807) is 11.1 Å². The van der Waals surface area contributed by atoms with Gasteiger partial charge in [-0.2, -0.15) is 0 Å². The largest absolute Gasteiger partial charge is 0.0622 e. The van der Waals surface area contributed by atoms with Crippen molar-refractivity contribution in [2.45, 2.75) is 33.1 Å². The second-order valence-electron chi connectivity index (χ2n) is 4.62. The van der Waals surface area contributed by atoms with Gasteiger partial charge in [0.05, 0.1) is 0 Å². The normalized spacial score (nSPS) is 27.8. The Hall–Kier alpha value is -0.780. The van der Waals surface area contributed by atoms with Crippen molar-refractivity contribution in [3.63, 3.8) is 0 Å². The SMILES string of the molecule is CC1Cc2ccccc2CC(C)C1. The molecule has 1 aromatic carbocycles. The summed E-state index contributed by atoms with van der Waals surface area (Å²) in [5.74, 6) is 1.72. The Labute approximate surface area is 81.0 Å². The Kier molecular flexibility index (Phi) is 2.39. The molecule has 0 heteroatoms. The number of fused-ring (bicyclic) bond motifs is 1. The van der Waals surface area contributed by atoms with Crippen LogP contribution in [0.1, 0.15) is 31.4 Å². The summed E-state index contributed by atoms with van der Waals surface area (Å²) >= 11 is 0. The highest BCUT2D eigenvalue weighted by molar-refractivity contribution is 5.28. The number of rotatable bonds is 0. The van der Waals surface area contributed by atoms with Gasteiger partial charge in [0.15, 0.2) is 0 Å². The lowest BCUT2D eigenvalue weighted by Crippen LogP contribution is -2.02. The van der Waals surface area contributed by atoms with Crippen molar-refractivity contribution in [3.8, 4) is 0 Å². The fraction of sp³-hybridized carbons (Fsp3) is 0.538. The van der Waals surface area contributed by atoms with Gasteiger partial charge in [0.1, 0.15) is 0 Å². The summed E-state index contributed by atoms with van der Waals surface area (Å²) in [5.41, 5.74) is 3.17. The molecule has 0 amide bonds. The van der Waals surface area contributed by atoms with Crippen LogP contribution in [-0.2, 0) is 12.8 Å². The summed E-state index contributed by atoms with van der Waals surface area (Å²) < 4.78 is 0. The monoisotopic (exact) mass is 174 g/mol. The Balaban J connectivity index is 2.32. The van der Waals surface area contributed by atoms with E-state index in [4.69, 9.17) is 0 Å². The van der Waals surface area contributed by atoms with Crippen molar-refractivity contribution in [1.29, 1.82) is 0 Å². The number of benzene rings is 1. The highest BCUT2D eigenvalue weighted by Crippen LogP contribution is 2.27. The van der Waals surface area contributed by atoms with E-state index in [1.807, 2.05) is 0 Å². The predicted octanol–water partition coefficient (Wildman–Crippen LogP) is 3.45. The van der Waals surface area contributed by atoms with Crippen molar-refractivity contribution < 1.29 is 0 Å². The lowest BCUT2D eigenvalue weighted by Gasteiger charge is -2.10. The second-order valence-corrected chi connectivity index (χ2v) is 4.62. The first-order chi connectivity index (χ1) is 6.25. The molecule has 2 atom stereocenters. The van der Waals surface area contributed by atoms with E-state index >= 15 is 0 Å². The smallest absolute Gasteiger partial charge is 0.0250 e. The molecule has 0 aliphatic heterocycles. The van der Waals surface area contributed by atoms with Crippen LogP contribution < -0.4 is 0 Å². The van der Waals surface area contributed by atoms with Crippen molar-refractivity contribution in [2.75, 3.05) is 0 Å². The Morgan fingerprint density at radius 3 is 1.85 bits per heavy atom. The highest BCUT2D eigenvalue weighted by atomic mass is 14.2. The summed E-state index contributed by atoms with van der Waals surface area (Å²) in [6, 6.07) is 8.93. The number of hydrogen-bond acceptors (Lipinski definition) is 0. The zero-order chi connectivity index (χ0) is 9.26. The maximum absolute atomic E-state index is 2.37. The molecule has 0 aromatic heterocycles. The molecule has 0 N–H and O–H groups in total. The van der Waals surface area contributed by atoms with Crippen molar-refractivity contribution in [3.05, 3.63) is 35.4 Å². The van der Waals surface area contributed by atoms with E-state index < -0.39 is 0 Å². The molecule has 0 heterocycles. The molecular weight excluding hydrogens is 156 g/mol. The third kappa shape index (κ3) is 1.93. The minimum atomic E-state index is 0.860. The average molecular weight is 174 g/mol. The topological polar surface area (TPSA) is 0 Å². The van der Waals surface area contributed by atoms with Crippen LogP contribution in [0.2, 0.25) is 0 Å². The van der Waals surface area contributed by atoms with Crippen LogP contribution in [0.5, 0.6) is 0 Å². The molecule has 0 saturated heterocycles. The van der Waals surface area contributed by atoms with Gasteiger partial charge < -0.3 is 0 Å². The van der Waals surface area contributed by atoms with Crippen LogP contribution in [0.4, 0.5) is 0 Å². The van der Waals surface area contributed by atoms with Crippen LogP contribution in [-0.4, -0.2) is 0 Å². The van der Waals surface area contributed by atoms with Gasteiger partial charge in [0.25, 0.3) is 0 Å². The molecule has 0 radical (unpaired) electrons. The summed E-state index contributed by atoms with van der Waals surface area (Å²) in [6.07, 6.45) is 3.94. The summed E-state index contributed by atoms with van der Waals surface area (Å²) in [6.45, 7) is 4.75. The first-order valence-corrected chi connectivity index (χ1v) is 5.32. The zero-order valence-corrected chi connectivity index (χ0v) is 8.59. The first kappa shape index (κ1) is 8.80. The Morgan fingerprint density at radius 1 is 0.923 bits per heavy atom. The molecule has 1 aliphatic rings. The second kappa shape index (κ2) is 3.53. The van der Waals surface area contributed by atoms with Gasteiger partial charge in [-0.3, -0.25) is 0 Å². The van der Waals surface area contributed by atoms with E-state index in [1.165, 1.54) is 19.3 Å². The molecule has 0 spiro atoms. The zero-order valence-electron chi connectivity index (χ0n) is 8.59. The predicted molar refractivity (Wildman–Crippen MR) is 56.8 cm³/mol. The third-order valence-electron chi connectivity index (χ3n) is 3.06. The van der Waals surface area contributed by atoms with Gasteiger partial charge in [0.2, 0.25) is 0 Å². The van der Waals surface area contributed by atoms with Crippen molar-refractivity contribution in [1.82, 2.24) is 0 Å². The van der Waals surface area contributed by atoms with Gasteiger partial charge in [-0.15, -0.1) is 0 Å². The standard InChI is InChI=1S/C13H18/c1-10-7-11(2)9-13-6-4-3-5-12(13)8-10/h3-6,10-11H,7-9H2,1-2H3. The molecule has 1 aliphatic carbocycles. The molecule has 0 saturated carbocycles. The van der Waals surface area contributed by atoms with Gasteiger partial charge in [-0.05, 0) is 42.2 Å². The number of hydrogen-bond donors (Lipinski definition) is 0. The highest BCUT2D eigenvalue weighted by Gasteiger charge is 2.17. The molecule has 0 nitrogen and oxygen atoms in total. The molecule has 70 valence electrons. The van der Waals surface area contributed by atoms with Gasteiger partial charge >= 0.3 is 0 Å². The van der Waals surface area contributed by atoms with E-state index in [0.29, 0.717) is 0 Å². The van der Waals surface area contributed by atoms with Crippen LogP contribution >= 0.6 is 0 Å². The quantitative estimate of drug-likeness (QED) is 0.528. The summed E-state index contributed by atoms with van der Waals surface area (Å²) in [4.78, 5) is 0. The molecule has 0 fully saturated rings. The fourth-order valence-corrected chi connectivity index (χ4v) is 2.56. The molecule has 0 bridgehead atoms. The van der Waals surface area contributed by atoms with E-state index in [-0.39, 0.29) is 0 Å². The van der Waals surface area contributed by atoms with Crippen LogP contribution in [0.15, 0.2) is 24.3 Å². The molecular formula is C13H18. The molecule has 13 heavy (non-hydrogen) atoms. The van der Waals surface area contributed by atoms with E-state index in [2.05, 4.69) is 38.1 Å². The maximum Gasteiger partial charge on any atom is -0.0250 e. The minimum absolute atomic E-state index is 0.860. The molecule has 2 rings (SSSR count). The Bertz CT molecular complexity index is 259. The van der Waals surface area contributed by atoms with E-state index in [9.17, 15) is 0 Å². The maximum atomic E-state index is 2.37. The van der Waals surface area contributed by atoms with Crippen LogP contribution in [0, 0.1) is 11.8 Å². The Morgan fingerprint density at radius 2 is 1.38 bits per heavy atom. The summed E-state index contributed by atoms with van der Waals surface area (Å²) in [5, 5.41) is 0. The summed E-state index contributed by atoms with van der Waals surface area (Å²) in [7, 11) is 0.